The second-order valence-electron chi connectivity index (χ2n) is 4.83. The molecule has 1 rings (SSSR count). The second-order valence-corrected chi connectivity index (χ2v) is 4.83. The van der Waals surface area contributed by atoms with Crippen molar-refractivity contribution in [3.8, 4) is 0 Å². The Labute approximate surface area is 69.8 Å². The lowest BCUT2D eigenvalue weighted by Gasteiger charge is -2.47. The highest BCUT2D eigenvalue weighted by molar-refractivity contribution is 5.00. The van der Waals surface area contributed by atoms with E-state index >= 15 is 0 Å². The molecule has 1 unspecified atom stereocenters. The van der Waals surface area contributed by atoms with Crippen molar-refractivity contribution in [2.45, 2.75) is 51.7 Å². The molecular formula is C9H20N2. The molecule has 1 atom stereocenters. The van der Waals surface area contributed by atoms with E-state index in [9.17, 15) is 0 Å². The van der Waals surface area contributed by atoms with Gasteiger partial charge in [0.15, 0.2) is 0 Å². The van der Waals surface area contributed by atoms with Gasteiger partial charge < -0.3 is 10.6 Å². The molecule has 0 aromatic rings. The van der Waals surface area contributed by atoms with E-state index in [0.717, 1.165) is 6.54 Å². The van der Waals surface area contributed by atoms with Gasteiger partial charge in [-0.05, 0) is 34.6 Å². The summed E-state index contributed by atoms with van der Waals surface area (Å²) in [5, 5.41) is 7.12. The average Bonchev–Trinajstić information content (AvgIpc) is 1.77. The first kappa shape index (κ1) is 9.01. The van der Waals surface area contributed by atoms with Gasteiger partial charge in [0.1, 0.15) is 0 Å². The van der Waals surface area contributed by atoms with Crippen LogP contribution in [-0.2, 0) is 0 Å². The molecule has 0 aromatic heterocycles. The van der Waals surface area contributed by atoms with Crippen molar-refractivity contribution in [1.29, 1.82) is 0 Å². The smallest absolute Gasteiger partial charge is 0.0281 e. The van der Waals surface area contributed by atoms with Gasteiger partial charge in [-0.1, -0.05) is 0 Å². The Hall–Kier alpha value is -0.0800. The van der Waals surface area contributed by atoms with Crippen LogP contribution in [0.4, 0.5) is 0 Å². The van der Waals surface area contributed by atoms with Crippen molar-refractivity contribution >= 4 is 0 Å². The molecule has 1 saturated heterocycles. The molecule has 0 saturated carbocycles. The van der Waals surface area contributed by atoms with Gasteiger partial charge in [-0.3, -0.25) is 0 Å². The van der Waals surface area contributed by atoms with Gasteiger partial charge in [0, 0.05) is 23.7 Å². The van der Waals surface area contributed by atoms with Crippen LogP contribution in [0.3, 0.4) is 0 Å². The summed E-state index contributed by atoms with van der Waals surface area (Å²) in [5.41, 5.74) is 0.442. The monoisotopic (exact) mass is 156 g/mol. The molecule has 0 bridgehead atoms. The Morgan fingerprint density at radius 1 is 1.18 bits per heavy atom. The Kier molecular flexibility index (Phi) is 2.01. The van der Waals surface area contributed by atoms with Gasteiger partial charge in [-0.15, -0.1) is 0 Å². The molecule has 0 aromatic carbocycles. The normalized spacial score (nSPS) is 35.2. The van der Waals surface area contributed by atoms with Crippen molar-refractivity contribution in [3.05, 3.63) is 0 Å². The molecule has 0 amide bonds. The fourth-order valence-electron chi connectivity index (χ4n) is 1.69. The second kappa shape index (κ2) is 2.46. The zero-order valence-electron chi connectivity index (χ0n) is 8.28. The van der Waals surface area contributed by atoms with E-state index in [-0.39, 0.29) is 11.1 Å². The minimum atomic E-state index is 0.210. The number of piperazine rings is 1. The summed E-state index contributed by atoms with van der Waals surface area (Å²) in [4.78, 5) is 0. The number of nitrogens with one attached hydrogen (secondary N) is 2. The first-order valence-electron chi connectivity index (χ1n) is 4.36. The molecule has 66 valence electrons. The zero-order valence-corrected chi connectivity index (χ0v) is 8.28. The highest BCUT2D eigenvalue weighted by Crippen LogP contribution is 2.19. The molecule has 0 aliphatic carbocycles. The summed E-state index contributed by atoms with van der Waals surface area (Å²) in [6.45, 7) is 12.2. The molecule has 1 heterocycles. The molecule has 0 spiro atoms. The molecule has 2 nitrogen and oxygen atoms in total. The highest BCUT2D eigenvalue weighted by atomic mass is 15.2. The van der Waals surface area contributed by atoms with Gasteiger partial charge in [0.25, 0.3) is 0 Å². The fourth-order valence-corrected chi connectivity index (χ4v) is 1.69. The van der Waals surface area contributed by atoms with Crippen molar-refractivity contribution < 1.29 is 0 Å². The Morgan fingerprint density at radius 3 is 2.09 bits per heavy atom. The summed E-state index contributed by atoms with van der Waals surface area (Å²) in [7, 11) is 0. The first-order valence-corrected chi connectivity index (χ1v) is 4.36. The van der Waals surface area contributed by atoms with Gasteiger partial charge in [0.05, 0.1) is 0 Å². The topological polar surface area (TPSA) is 24.1 Å². The minimum absolute atomic E-state index is 0.210. The van der Waals surface area contributed by atoms with E-state index in [1.165, 1.54) is 0 Å². The van der Waals surface area contributed by atoms with Crippen LogP contribution in [0.1, 0.15) is 34.6 Å². The molecule has 1 aliphatic heterocycles. The zero-order chi connectivity index (χ0) is 8.70. The van der Waals surface area contributed by atoms with E-state index in [4.69, 9.17) is 0 Å². The molecule has 1 fully saturated rings. The predicted octanol–water partition coefficient (Wildman–Crippen LogP) is 1.12. The molecule has 2 N–H and O–H groups in total. The quantitative estimate of drug-likeness (QED) is 0.549. The lowest BCUT2D eigenvalue weighted by molar-refractivity contribution is 0.155. The summed E-state index contributed by atoms with van der Waals surface area (Å²) >= 11 is 0. The maximum absolute atomic E-state index is 3.62. The molecule has 2 heteroatoms. The van der Waals surface area contributed by atoms with Crippen LogP contribution in [-0.4, -0.2) is 23.7 Å². The molecule has 1 aliphatic rings. The van der Waals surface area contributed by atoms with Crippen LogP contribution in [0.2, 0.25) is 0 Å². The van der Waals surface area contributed by atoms with Crippen molar-refractivity contribution in [2.24, 2.45) is 0 Å². The Bertz CT molecular complexity index is 150. The standard InChI is InChI=1S/C9H20N2/c1-7-9(4,5)11-8(2,3)6-10-7/h7,10-11H,6H2,1-5H3. The summed E-state index contributed by atoms with van der Waals surface area (Å²) < 4.78 is 0. The van der Waals surface area contributed by atoms with Crippen molar-refractivity contribution in [1.82, 2.24) is 10.6 Å². The van der Waals surface area contributed by atoms with E-state index in [1.807, 2.05) is 0 Å². The van der Waals surface area contributed by atoms with Crippen molar-refractivity contribution in [3.63, 3.8) is 0 Å². The van der Waals surface area contributed by atoms with Gasteiger partial charge >= 0.3 is 0 Å². The molecule has 11 heavy (non-hydrogen) atoms. The van der Waals surface area contributed by atoms with Crippen LogP contribution in [0.5, 0.6) is 0 Å². The van der Waals surface area contributed by atoms with E-state index < -0.39 is 0 Å². The summed E-state index contributed by atoms with van der Waals surface area (Å²) in [5.74, 6) is 0. The van der Waals surface area contributed by atoms with E-state index in [2.05, 4.69) is 45.3 Å². The van der Waals surface area contributed by atoms with Crippen LogP contribution in [0, 0.1) is 0 Å². The summed E-state index contributed by atoms with van der Waals surface area (Å²) in [6, 6.07) is 0.551. The summed E-state index contributed by atoms with van der Waals surface area (Å²) in [6.07, 6.45) is 0. The van der Waals surface area contributed by atoms with Gasteiger partial charge in [0.2, 0.25) is 0 Å². The molecular weight excluding hydrogens is 136 g/mol. The maximum Gasteiger partial charge on any atom is 0.0281 e. The maximum atomic E-state index is 3.62. The SMILES string of the molecule is CC1NCC(C)(C)NC1(C)C. The number of hydrogen-bond donors (Lipinski definition) is 2. The van der Waals surface area contributed by atoms with Crippen LogP contribution >= 0.6 is 0 Å². The number of hydrogen-bond acceptors (Lipinski definition) is 2. The third kappa shape index (κ3) is 1.94. The average molecular weight is 156 g/mol. The van der Waals surface area contributed by atoms with Crippen LogP contribution in [0.25, 0.3) is 0 Å². The minimum Gasteiger partial charge on any atom is -0.311 e. The number of rotatable bonds is 0. The lowest BCUT2D eigenvalue weighted by Crippen LogP contribution is -2.69. The molecule has 0 radical (unpaired) electrons. The van der Waals surface area contributed by atoms with Gasteiger partial charge in [-0.2, -0.15) is 0 Å². The fraction of sp³-hybridized carbons (Fsp3) is 1.00. The van der Waals surface area contributed by atoms with E-state index in [1.54, 1.807) is 0 Å². The third-order valence-electron chi connectivity index (χ3n) is 2.59. The first-order chi connectivity index (χ1) is 4.83. The third-order valence-corrected chi connectivity index (χ3v) is 2.59. The van der Waals surface area contributed by atoms with E-state index in [0.29, 0.717) is 6.04 Å². The Balaban J connectivity index is 2.67. The van der Waals surface area contributed by atoms with Crippen LogP contribution < -0.4 is 10.6 Å². The lowest BCUT2D eigenvalue weighted by atomic mass is 9.87. The van der Waals surface area contributed by atoms with Crippen molar-refractivity contribution in [2.75, 3.05) is 6.54 Å². The largest absolute Gasteiger partial charge is 0.311 e. The predicted molar refractivity (Wildman–Crippen MR) is 48.8 cm³/mol. The highest BCUT2D eigenvalue weighted by Gasteiger charge is 2.36. The van der Waals surface area contributed by atoms with Gasteiger partial charge in [-0.25, -0.2) is 0 Å². The van der Waals surface area contributed by atoms with Crippen LogP contribution in [0.15, 0.2) is 0 Å². The Morgan fingerprint density at radius 2 is 1.73 bits per heavy atom.